The second-order valence-electron chi connectivity index (χ2n) is 5.77. The molecule has 0 bridgehead atoms. The normalized spacial score (nSPS) is 20.8. The second kappa shape index (κ2) is 6.32. The SMILES string of the molecule is CC[N+]1(C(C)C)[CH-]N(C(C)C)c2cc(C#N)ccc21.[Au+]. The van der Waals surface area contributed by atoms with Crippen molar-refractivity contribution >= 4 is 11.4 Å². The van der Waals surface area contributed by atoms with Gasteiger partial charge in [0.05, 0.1) is 29.9 Å². The van der Waals surface area contributed by atoms with Crippen molar-refractivity contribution in [1.82, 2.24) is 4.48 Å². The fraction of sp³-hybridized carbons (Fsp3) is 0.500. The van der Waals surface area contributed by atoms with Crippen LogP contribution in [0.1, 0.15) is 40.2 Å². The largest absolute Gasteiger partial charge is 1.00 e. The minimum Gasteiger partial charge on any atom is -0.463 e. The smallest absolute Gasteiger partial charge is 0.463 e. The molecule has 1 unspecified atom stereocenters. The van der Waals surface area contributed by atoms with Crippen LogP contribution in [0.25, 0.3) is 0 Å². The van der Waals surface area contributed by atoms with Crippen LogP contribution in [0.5, 0.6) is 0 Å². The number of nitriles is 1. The molecule has 0 spiro atoms. The van der Waals surface area contributed by atoms with Crippen molar-refractivity contribution in [1.29, 1.82) is 5.26 Å². The Kier molecular flexibility index (Phi) is 5.46. The van der Waals surface area contributed by atoms with Crippen molar-refractivity contribution in [2.45, 2.75) is 46.7 Å². The average Bonchev–Trinajstić information content (AvgIpc) is 2.73. The van der Waals surface area contributed by atoms with Gasteiger partial charge in [-0.25, -0.2) is 0 Å². The van der Waals surface area contributed by atoms with E-state index in [4.69, 9.17) is 5.26 Å². The van der Waals surface area contributed by atoms with E-state index in [1.165, 1.54) is 11.4 Å². The fourth-order valence-electron chi connectivity index (χ4n) is 2.94. The predicted molar refractivity (Wildman–Crippen MR) is 80.5 cm³/mol. The summed E-state index contributed by atoms with van der Waals surface area (Å²) in [5.74, 6) is 0. The van der Waals surface area contributed by atoms with Gasteiger partial charge in [-0.15, -0.1) is 0 Å². The molecule has 1 aliphatic rings. The Bertz CT molecular complexity index is 519. The maximum Gasteiger partial charge on any atom is 1.00 e. The van der Waals surface area contributed by atoms with E-state index in [1.54, 1.807) is 0 Å². The summed E-state index contributed by atoms with van der Waals surface area (Å²) in [6.45, 7) is 14.5. The van der Waals surface area contributed by atoms with Crippen molar-refractivity contribution < 1.29 is 22.4 Å². The molecule has 20 heavy (non-hydrogen) atoms. The Hall–Kier alpha value is -0.790. The Labute approximate surface area is 138 Å². The van der Waals surface area contributed by atoms with Crippen LogP contribution in [0, 0.1) is 18.0 Å². The zero-order valence-corrected chi connectivity index (χ0v) is 15.0. The first-order valence-corrected chi connectivity index (χ1v) is 7.02. The molecule has 2 rings (SSSR count). The van der Waals surface area contributed by atoms with E-state index in [1.807, 2.05) is 12.1 Å². The molecule has 3 nitrogen and oxygen atoms in total. The Balaban J connectivity index is 0.00000200. The third-order valence-electron chi connectivity index (χ3n) is 4.16. The number of rotatable bonds is 3. The zero-order chi connectivity index (χ0) is 14.2. The topological polar surface area (TPSA) is 27.0 Å². The number of fused-ring (bicyclic) bond motifs is 1. The number of benzene rings is 1. The summed E-state index contributed by atoms with van der Waals surface area (Å²) in [4.78, 5) is 2.31. The summed E-state index contributed by atoms with van der Waals surface area (Å²) in [6, 6.07) is 9.20. The van der Waals surface area contributed by atoms with E-state index < -0.39 is 0 Å². The molecular weight excluding hydrogens is 431 g/mol. The first-order chi connectivity index (χ1) is 8.96. The molecule has 1 heterocycles. The summed E-state index contributed by atoms with van der Waals surface area (Å²) >= 11 is 0. The van der Waals surface area contributed by atoms with Crippen molar-refractivity contribution in [3.05, 3.63) is 30.4 Å². The van der Waals surface area contributed by atoms with Gasteiger partial charge in [0.2, 0.25) is 0 Å². The van der Waals surface area contributed by atoms with Gasteiger partial charge >= 0.3 is 22.4 Å². The van der Waals surface area contributed by atoms with Crippen LogP contribution in [-0.4, -0.2) is 18.6 Å². The number of hydrogen-bond acceptors (Lipinski definition) is 2. The number of nitrogens with zero attached hydrogens (tertiary/aromatic N) is 3. The van der Waals surface area contributed by atoms with Crippen LogP contribution in [-0.2, 0) is 22.4 Å². The van der Waals surface area contributed by atoms with Gasteiger partial charge in [0.1, 0.15) is 5.69 Å². The van der Waals surface area contributed by atoms with Crippen molar-refractivity contribution in [2.75, 3.05) is 11.4 Å². The van der Waals surface area contributed by atoms with Crippen LogP contribution in [0.2, 0.25) is 0 Å². The Morgan fingerprint density at radius 1 is 1.30 bits per heavy atom. The molecule has 1 aliphatic heterocycles. The van der Waals surface area contributed by atoms with Crippen molar-refractivity contribution in [3.8, 4) is 6.07 Å². The van der Waals surface area contributed by atoms with Crippen LogP contribution >= 0.6 is 0 Å². The van der Waals surface area contributed by atoms with E-state index in [0.717, 1.165) is 16.6 Å². The molecule has 0 aliphatic carbocycles. The van der Waals surface area contributed by atoms with Crippen molar-refractivity contribution in [3.63, 3.8) is 0 Å². The first-order valence-electron chi connectivity index (χ1n) is 7.02. The minimum absolute atomic E-state index is 0. The van der Waals surface area contributed by atoms with E-state index in [9.17, 15) is 0 Å². The monoisotopic (exact) mass is 454 g/mol. The standard InChI is InChI=1S/C16H23N3.Au/c1-6-19(13(4)5)11-18(12(2)3)15-9-14(10-17)7-8-16(15)19;/h7-9,11-13H,6H2,1-5H3;/q;+1. The van der Waals surface area contributed by atoms with Crippen LogP contribution in [0.15, 0.2) is 18.2 Å². The molecule has 112 valence electrons. The maximum absolute atomic E-state index is 9.11. The zero-order valence-electron chi connectivity index (χ0n) is 12.8. The maximum atomic E-state index is 9.11. The summed E-state index contributed by atoms with van der Waals surface area (Å²) < 4.78 is 0.860. The van der Waals surface area contributed by atoms with Crippen LogP contribution in [0.4, 0.5) is 11.4 Å². The summed E-state index contributed by atoms with van der Waals surface area (Å²) in [5, 5.41) is 9.11. The second-order valence-corrected chi connectivity index (χ2v) is 5.77. The molecule has 0 aromatic heterocycles. The van der Waals surface area contributed by atoms with Gasteiger partial charge < -0.3 is 9.38 Å². The molecule has 4 heteroatoms. The summed E-state index contributed by atoms with van der Waals surface area (Å²) in [6.07, 6.45) is 0. The number of hydrogen-bond donors (Lipinski definition) is 0. The first kappa shape index (κ1) is 17.3. The molecule has 1 aromatic carbocycles. The summed E-state index contributed by atoms with van der Waals surface area (Å²) in [5.41, 5.74) is 3.23. The predicted octanol–water partition coefficient (Wildman–Crippen LogP) is 3.64. The fourth-order valence-corrected chi connectivity index (χ4v) is 2.94. The molecular formula is C16H23AuN3+. The molecule has 1 aromatic rings. The van der Waals surface area contributed by atoms with E-state index >= 15 is 0 Å². The Morgan fingerprint density at radius 3 is 2.40 bits per heavy atom. The third kappa shape index (κ3) is 2.54. The molecule has 0 amide bonds. The third-order valence-corrected chi connectivity index (χ3v) is 4.16. The Morgan fingerprint density at radius 2 is 1.95 bits per heavy atom. The van der Waals surface area contributed by atoms with Crippen molar-refractivity contribution in [2.24, 2.45) is 0 Å². The quantitative estimate of drug-likeness (QED) is 0.396. The molecule has 0 N–H and O–H groups in total. The molecule has 0 fully saturated rings. The molecule has 0 radical (unpaired) electrons. The van der Waals surface area contributed by atoms with Gasteiger partial charge in [0.15, 0.2) is 0 Å². The van der Waals surface area contributed by atoms with E-state index in [-0.39, 0.29) is 22.4 Å². The van der Waals surface area contributed by atoms with Gasteiger partial charge in [-0.1, -0.05) is 0 Å². The van der Waals surface area contributed by atoms with Gasteiger partial charge in [-0.2, -0.15) is 5.26 Å². The average molecular weight is 454 g/mol. The molecule has 0 saturated heterocycles. The van der Waals surface area contributed by atoms with Gasteiger partial charge in [0, 0.05) is 6.07 Å². The number of quaternary nitrogens is 1. The minimum atomic E-state index is 0. The van der Waals surface area contributed by atoms with E-state index in [0.29, 0.717) is 12.1 Å². The van der Waals surface area contributed by atoms with Crippen LogP contribution < -0.4 is 9.38 Å². The summed E-state index contributed by atoms with van der Waals surface area (Å²) in [7, 11) is 0. The molecule has 1 atom stereocenters. The van der Waals surface area contributed by atoms with Gasteiger partial charge in [-0.3, -0.25) is 0 Å². The molecule has 0 saturated carbocycles. The number of anilines is 1. The van der Waals surface area contributed by atoms with Gasteiger partial charge in [0.25, 0.3) is 0 Å². The van der Waals surface area contributed by atoms with Gasteiger partial charge in [-0.05, 0) is 59.5 Å². The van der Waals surface area contributed by atoms with Crippen LogP contribution in [0.3, 0.4) is 0 Å². The van der Waals surface area contributed by atoms with E-state index in [2.05, 4.69) is 58.3 Å².